The second-order valence-electron chi connectivity index (χ2n) is 4.17. The van der Waals surface area contributed by atoms with Crippen LogP contribution >= 0.6 is 15.9 Å². The quantitative estimate of drug-likeness (QED) is 0.845. The normalized spacial score (nSPS) is 10.5. The molecule has 0 bridgehead atoms. The highest BCUT2D eigenvalue weighted by Crippen LogP contribution is 2.20. The molecule has 0 saturated heterocycles. The highest BCUT2D eigenvalue weighted by atomic mass is 79.9. The summed E-state index contributed by atoms with van der Waals surface area (Å²) in [5, 5.41) is 0. The lowest BCUT2D eigenvalue weighted by Gasteiger charge is -2.18. The molecule has 1 aromatic heterocycles. The lowest BCUT2D eigenvalue weighted by Crippen LogP contribution is -2.28. The van der Waals surface area contributed by atoms with Gasteiger partial charge in [-0.1, -0.05) is 6.07 Å². The van der Waals surface area contributed by atoms with Gasteiger partial charge in [-0.25, -0.2) is 4.39 Å². The first-order valence-electron chi connectivity index (χ1n) is 5.92. The maximum Gasteiger partial charge on any atom is 0.274 e. The minimum atomic E-state index is -0.357. The highest BCUT2D eigenvalue weighted by Gasteiger charge is 2.18. The van der Waals surface area contributed by atoms with E-state index in [0.717, 1.165) is 4.47 Å². The summed E-state index contributed by atoms with van der Waals surface area (Å²) >= 11 is 3.36. The van der Waals surface area contributed by atoms with Gasteiger partial charge in [0.1, 0.15) is 11.5 Å². The van der Waals surface area contributed by atoms with Crippen LogP contribution in [0.1, 0.15) is 17.4 Å². The first-order valence-corrected chi connectivity index (χ1v) is 6.71. The number of carbonyl (C=O) groups is 1. The molecular formula is C14H14BrFN2O. The van der Waals surface area contributed by atoms with E-state index in [2.05, 4.69) is 15.9 Å². The molecule has 2 rings (SSSR count). The average Bonchev–Trinajstić information content (AvgIpc) is 2.78. The lowest BCUT2D eigenvalue weighted by atomic mass is 10.2. The third kappa shape index (κ3) is 2.87. The SMILES string of the molecule is CCn1cc(Br)cc1C(=O)N(C)c1cccc(F)c1. The molecule has 2 aromatic rings. The molecule has 0 atom stereocenters. The van der Waals surface area contributed by atoms with Crippen molar-refractivity contribution >= 4 is 27.5 Å². The predicted molar refractivity (Wildman–Crippen MR) is 76.9 cm³/mol. The Balaban J connectivity index is 2.33. The summed E-state index contributed by atoms with van der Waals surface area (Å²) in [5.41, 5.74) is 1.10. The number of anilines is 1. The maximum atomic E-state index is 13.2. The van der Waals surface area contributed by atoms with Gasteiger partial charge in [-0.15, -0.1) is 0 Å². The molecule has 5 heteroatoms. The Kier molecular flexibility index (Phi) is 4.04. The summed E-state index contributed by atoms with van der Waals surface area (Å²) < 4.78 is 15.9. The van der Waals surface area contributed by atoms with Crippen LogP contribution in [0.25, 0.3) is 0 Å². The minimum absolute atomic E-state index is 0.168. The number of carbonyl (C=O) groups excluding carboxylic acids is 1. The molecule has 0 aliphatic carbocycles. The van der Waals surface area contributed by atoms with E-state index in [1.807, 2.05) is 17.7 Å². The summed E-state index contributed by atoms with van der Waals surface area (Å²) in [7, 11) is 1.64. The topological polar surface area (TPSA) is 25.2 Å². The van der Waals surface area contributed by atoms with Gasteiger partial charge in [-0.2, -0.15) is 0 Å². The fourth-order valence-corrected chi connectivity index (χ4v) is 2.35. The van der Waals surface area contributed by atoms with Crippen LogP contribution in [0, 0.1) is 5.82 Å². The molecule has 3 nitrogen and oxygen atoms in total. The smallest absolute Gasteiger partial charge is 0.274 e. The molecule has 0 unspecified atom stereocenters. The van der Waals surface area contributed by atoms with Gasteiger partial charge in [0.05, 0.1) is 0 Å². The molecule has 0 radical (unpaired) electrons. The molecule has 1 aromatic carbocycles. The van der Waals surface area contributed by atoms with Crippen molar-refractivity contribution in [1.29, 1.82) is 0 Å². The summed E-state index contributed by atoms with van der Waals surface area (Å²) in [4.78, 5) is 13.9. The minimum Gasteiger partial charge on any atom is -0.343 e. The molecule has 0 aliphatic rings. The molecule has 0 spiro atoms. The van der Waals surface area contributed by atoms with Crippen molar-refractivity contribution in [2.45, 2.75) is 13.5 Å². The van der Waals surface area contributed by atoms with E-state index in [1.54, 1.807) is 25.2 Å². The average molecular weight is 325 g/mol. The number of rotatable bonds is 3. The van der Waals surface area contributed by atoms with Crippen molar-refractivity contribution in [3.63, 3.8) is 0 Å². The van der Waals surface area contributed by atoms with Crippen LogP contribution in [0.4, 0.5) is 10.1 Å². The van der Waals surface area contributed by atoms with Crippen molar-refractivity contribution in [3.05, 3.63) is 52.5 Å². The first-order chi connectivity index (χ1) is 9.02. The zero-order valence-corrected chi connectivity index (χ0v) is 12.3. The number of nitrogens with zero attached hydrogens (tertiary/aromatic N) is 2. The zero-order valence-electron chi connectivity index (χ0n) is 10.7. The van der Waals surface area contributed by atoms with Gasteiger partial charge >= 0.3 is 0 Å². The molecule has 1 heterocycles. The Labute approximate surface area is 119 Å². The third-order valence-corrected chi connectivity index (χ3v) is 3.36. The van der Waals surface area contributed by atoms with Crippen LogP contribution in [-0.4, -0.2) is 17.5 Å². The molecular weight excluding hydrogens is 311 g/mol. The summed E-state index contributed by atoms with van der Waals surface area (Å²) in [6.07, 6.45) is 1.85. The highest BCUT2D eigenvalue weighted by molar-refractivity contribution is 9.10. The van der Waals surface area contributed by atoms with Crippen molar-refractivity contribution in [2.75, 3.05) is 11.9 Å². The van der Waals surface area contributed by atoms with Crippen molar-refractivity contribution in [1.82, 2.24) is 4.57 Å². The second-order valence-corrected chi connectivity index (χ2v) is 5.09. The van der Waals surface area contributed by atoms with Gasteiger partial charge in [0.15, 0.2) is 0 Å². The standard InChI is InChI=1S/C14H14BrFN2O/c1-3-18-9-10(15)7-13(18)14(19)17(2)12-6-4-5-11(16)8-12/h4-9H,3H2,1-2H3. The predicted octanol–water partition coefficient (Wildman–Crippen LogP) is 3.69. The third-order valence-electron chi connectivity index (χ3n) is 2.92. The molecule has 100 valence electrons. The van der Waals surface area contributed by atoms with Gasteiger partial charge < -0.3 is 9.47 Å². The Morgan fingerprint density at radius 2 is 2.16 bits per heavy atom. The molecule has 0 N–H and O–H groups in total. The van der Waals surface area contributed by atoms with Crippen LogP contribution in [0.2, 0.25) is 0 Å². The summed E-state index contributed by atoms with van der Waals surface area (Å²) in [5.74, 6) is -0.526. The Morgan fingerprint density at radius 1 is 1.42 bits per heavy atom. The van der Waals surface area contributed by atoms with Crippen molar-refractivity contribution < 1.29 is 9.18 Å². The number of hydrogen-bond acceptors (Lipinski definition) is 1. The van der Waals surface area contributed by atoms with Gasteiger partial charge in [0.2, 0.25) is 0 Å². The van der Waals surface area contributed by atoms with Crippen LogP contribution in [0.3, 0.4) is 0 Å². The van der Waals surface area contributed by atoms with E-state index < -0.39 is 0 Å². The monoisotopic (exact) mass is 324 g/mol. The van der Waals surface area contributed by atoms with E-state index in [4.69, 9.17) is 0 Å². The summed E-state index contributed by atoms with van der Waals surface area (Å²) in [6, 6.07) is 7.75. The van der Waals surface area contributed by atoms with Gasteiger partial charge in [-0.05, 0) is 47.1 Å². The molecule has 0 saturated carbocycles. The Hall–Kier alpha value is -1.62. The Bertz CT molecular complexity index is 609. The van der Waals surface area contributed by atoms with E-state index >= 15 is 0 Å². The van der Waals surface area contributed by atoms with Crippen LogP contribution < -0.4 is 4.90 Å². The second kappa shape index (κ2) is 5.57. The number of amides is 1. The van der Waals surface area contributed by atoms with Crippen molar-refractivity contribution in [3.8, 4) is 0 Å². The van der Waals surface area contributed by atoms with E-state index in [0.29, 0.717) is 17.9 Å². The number of halogens is 2. The maximum absolute atomic E-state index is 13.2. The fourth-order valence-electron chi connectivity index (χ4n) is 1.89. The van der Waals surface area contributed by atoms with Gasteiger partial charge in [0, 0.05) is 29.9 Å². The number of hydrogen-bond donors (Lipinski definition) is 0. The van der Waals surface area contributed by atoms with Crippen molar-refractivity contribution in [2.24, 2.45) is 0 Å². The number of benzene rings is 1. The fraction of sp³-hybridized carbons (Fsp3) is 0.214. The van der Waals surface area contributed by atoms with Crippen LogP contribution in [0.15, 0.2) is 41.0 Å². The van der Waals surface area contributed by atoms with E-state index in [-0.39, 0.29) is 11.7 Å². The van der Waals surface area contributed by atoms with Gasteiger partial charge in [-0.3, -0.25) is 4.79 Å². The van der Waals surface area contributed by atoms with Gasteiger partial charge in [0.25, 0.3) is 5.91 Å². The molecule has 0 fully saturated rings. The first kappa shape index (κ1) is 13.8. The number of aromatic nitrogens is 1. The molecule has 1 amide bonds. The molecule has 0 aliphatic heterocycles. The lowest BCUT2D eigenvalue weighted by molar-refractivity contribution is 0.0984. The number of aryl methyl sites for hydroxylation is 1. The van der Waals surface area contributed by atoms with Crippen LogP contribution in [0.5, 0.6) is 0 Å². The summed E-state index contributed by atoms with van der Waals surface area (Å²) in [6.45, 7) is 2.66. The van der Waals surface area contributed by atoms with E-state index in [1.165, 1.54) is 17.0 Å². The Morgan fingerprint density at radius 3 is 2.79 bits per heavy atom. The largest absolute Gasteiger partial charge is 0.343 e. The van der Waals surface area contributed by atoms with Crippen LogP contribution in [-0.2, 0) is 6.54 Å². The van der Waals surface area contributed by atoms with E-state index in [9.17, 15) is 9.18 Å². The molecule has 19 heavy (non-hydrogen) atoms. The zero-order chi connectivity index (χ0) is 14.0.